The predicted molar refractivity (Wildman–Crippen MR) is 97.3 cm³/mol. The van der Waals surface area contributed by atoms with Crippen molar-refractivity contribution in [2.75, 3.05) is 13.7 Å². The van der Waals surface area contributed by atoms with Crippen molar-refractivity contribution in [3.05, 3.63) is 63.0 Å². The molecule has 29 heavy (non-hydrogen) atoms. The van der Waals surface area contributed by atoms with Crippen LogP contribution >= 0.6 is 0 Å². The van der Waals surface area contributed by atoms with Crippen molar-refractivity contribution in [3.8, 4) is 0 Å². The van der Waals surface area contributed by atoms with E-state index in [1.54, 1.807) is 0 Å². The second kappa shape index (κ2) is 7.03. The molecule has 0 saturated carbocycles. The molecule has 0 radical (unpaired) electrons. The summed E-state index contributed by atoms with van der Waals surface area (Å²) in [6.45, 7) is 0.866. The highest BCUT2D eigenvalue weighted by atomic mass is 19.4. The van der Waals surface area contributed by atoms with Gasteiger partial charge in [0.1, 0.15) is 5.69 Å². The SMILES string of the molecule is COC(=O)c1[nH]c2ccccc2c1CN1CCc2nc(C(F)(F)F)[nH]c(=O)c2C1. The summed E-state index contributed by atoms with van der Waals surface area (Å²) >= 11 is 0. The average Bonchev–Trinajstić information content (AvgIpc) is 3.05. The number of rotatable bonds is 3. The molecule has 10 heteroatoms. The quantitative estimate of drug-likeness (QED) is 0.653. The number of methoxy groups -OCH3 is 1. The van der Waals surface area contributed by atoms with Gasteiger partial charge in [0.15, 0.2) is 0 Å². The van der Waals surface area contributed by atoms with E-state index in [-0.39, 0.29) is 24.2 Å². The highest BCUT2D eigenvalue weighted by Crippen LogP contribution is 2.28. The molecule has 1 aliphatic rings. The molecule has 7 nitrogen and oxygen atoms in total. The number of ether oxygens (including phenoxy) is 1. The van der Waals surface area contributed by atoms with Crippen molar-refractivity contribution in [3.63, 3.8) is 0 Å². The Kier molecular flexibility index (Phi) is 4.65. The number of para-hydroxylation sites is 1. The number of esters is 1. The molecule has 2 aromatic heterocycles. The van der Waals surface area contributed by atoms with Gasteiger partial charge in [-0.2, -0.15) is 13.2 Å². The molecule has 4 rings (SSSR count). The monoisotopic (exact) mass is 406 g/mol. The number of hydrogen-bond acceptors (Lipinski definition) is 5. The number of fused-ring (bicyclic) bond motifs is 2. The molecule has 3 heterocycles. The van der Waals surface area contributed by atoms with E-state index >= 15 is 0 Å². The molecular weight excluding hydrogens is 389 g/mol. The number of carbonyl (C=O) groups is 1. The topological polar surface area (TPSA) is 91.1 Å². The minimum Gasteiger partial charge on any atom is -0.464 e. The van der Waals surface area contributed by atoms with Crippen LogP contribution in [0, 0.1) is 0 Å². The molecule has 0 aliphatic carbocycles. The number of hydrogen-bond donors (Lipinski definition) is 2. The van der Waals surface area contributed by atoms with Crippen molar-refractivity contribution < 1.29 is 22.7 Å². The Bertz CT molecular complexity index is 1150. The zero-order chi connectivity index (χ0) is 20.8. The number of nitrogens with zero attached hydrogens (tertiary/aromatic N) is 2. The van der Waals surface area contributed by atoms with Crippen LogP contribution in [0.15, 0.2) is 29.1 Å². The highest BCUT2D eigenvalue weighted by molar-refractivity contribution is 5.98. The van der Waals surface area contributed by atoms with Gasteiger partial charge in [0, 0.05) is 42.5 Å². The molecule has 1 aliphatic heterocycles. The van der Waals surface area contributed by atoms with Crippen LogP contribution in [0.25, 0.3) is 10.9 Å². The lowest BCUT2D eigenvalue weighted by Gasteiger charge is -2.28. The smallest absolute Gasteiger partial charge is 0.449 e. The summed E-state index contributed by atoms with van der Waals surface area (Å²) in [5.74, 6) is -1.79. The second-order valence-corrected chi connectivity index (χ2v) is 6.81. The van der Waals surface area contributed by atoms with Crippen molar-refractivity contribution in [1.29, 1.82) is 0 Å². The lowest BCUT2D eigenvalue weighted by molar-refractivity contribution is -0.145. The number of aromatic amines is 2. The summed E-state index contributed by atoms with van der Waals surface area (Å²) in [5, 5.41) is 0.846. The van der Waals surface area contributed by atoms with Crippen molar-refractivity contribution in [1.82, 2.24) is 19.9 Å². The van der Waals surface area contributed by atoms with Gasteiger partial charge in [0.2, 0.25) is 5.82 Å². The van der Waals surface area contributed by atoms with Crippen LogP contribution in [0.5, 0.6) is 0 Å². The molecule has 0 bridgehead atoms. The Morgan fingerprint density at radius 2 is 2.03 bits per heavy atom. The number of benzene rings is 1. The minimum atomic E-state index is -4.70. The third-order valence-corrected chi connectivity index (χ3v) is 5.00. The van der Waals surface area contributed by atoms with Gasteiger partial charge in [0.25, 0.3) is 5.56 Å². The Hall–Kier alpha value is -3.14. The lowest BCUT2D eigenvalue weighted by atomic mass is 10.0. The molecule has 0 amide bonds. The van der Waals surface area contributed by atoms with Crippen LogP contribution in [0.1, 0.15) is 33.1 Å². The first kappa shape index (κ1) is 19.2. The molecule has 3 aromatic rings. The van der Waals surface area contributed by atoms with Crippen LogP contribution in [-0.2, 0) is 30.4 Å². The van der Waals surface area contributed by atoms with E-state index in [1.807, 2.05) is 34.1 Å². The first-order valence-corrected chi connectivity index (χ1v) is 8.87. The van der Waals surface area contributed by atoms with Gasteiger partial charge in [-0.05, 0) is 6.07 Å². The van der Waals surface area contributed by atoms with Crippen molar-refractivity contribution in [2.45, 2.75) is 25.7 Å². The molecule has 0 saturated heterocycles. The summed E-state index contributed by atoms with van der Waals surface area (Å²) in [4.78, 5) is 34.8. The Morgan fingerprint density at radius 3 is 2.76 bits per heavy atom. The largest absolute Gasteiger partial charge is 0.464 e. The standard InChI is InChI=1S/C19H17F3N4O3/c1-29-17(28)15-11(10-4-2-3-5-13(10)23-15)8-26-7-6-14-12(9-26)16(27)25-18(24-14)19(20,21)22/h2-5,23H,6-9H2,1H3,(H,24,25,27). The van der Waals surface area contributed by atoms with Gasteiger partial charge in [-0.3, -0.25) is 9.69 Å². The fraction of sp³-hybridized carbons (Fsp3) is 0.316. The highest BCUT2D eigenvalue weighted by Gasteiger charge is 2.36. The van der Waals surface area contributed by atoms with Gasteiger partial charge in [0.05, 0.1) is 18.4 Å². The molecule has 0 fully saturated rings. The van der Waals surface area contributed by atoms with Crippen molar-refractivity contribution >= 4 is 16.9 Å². The van der Waals surface area contributed by atoms with Crippen LogP contribution < -0.4 is 5.56 Å². The maximum atomic E-state index is 12.9. The normalized spacial score (nSPS) is 14.8. The molecule has 152 valence electrons. The summed E-state index contributed by atoms with van der Waals surface area (Å²) in [7, 11) is 1.29. The van der Waals surface area contributed by atoms with Crippen LogP contribution in [-0.4, -0.2) is 39.5 Å². The van der Waals surface area contributed by atoms with E-state index in [9.17, 15) is 22.8 Å². The summed E-state index contributed by atoms with van der Waals surface area (Å²) in [5.41, 5.74) is 1.38. The third-order valence-electron chi connectivity index (χ3n) is 5.00. The zero-order valence-corrected chi connectivity index (χ0v) is 15.4. The van der Waals surface area contributed by atoms with Gasteiger partial charge in [-0.1, -0.05) is 18.2 Å². The van der Waals surface area contributed by atoms with E-state index < -0.39 is 23.5 Å². The molecule has 2 N–H and O–H groups in total. The lowest BCUT2D eigenvalue weighted by Crippen LogP contribution is -2.36. The van der Waals surface area contributed by atoms with E-state index in [4.69, 9.17) is 4.74 Å². The van der Waals surface area contributed by atoms with Gasteiger partial charge >= 0.3 is 12.1 Å². The predicted octanol–water partition coefficient (Wildman–Crippen LogP) is 2.61. The number of H-pyrrole nitrogens is 2. The van der Waals surface area contributed by atoms with Crippen LogP contribution in [0.3, 0.4) is 0 Å². The number of alkyl halides is 3. The number of aromatic nitrogens is 3. The molecule has 1 aromatic carbocycles. The van der Waals surface area contributed by atoms with Crippen LogP contribution in [0.4, 0.5) is 13.2 Å². The minimum absolute atomic E-state index is 0.135. The van der Waals surface area contributed by atoms with E-state index in [0.29, 0.717) is 24.3 Å². The summed E-state index contributed by atoms with van der Waals surface area (Å²) < 4.78 is 43.5. The average molecular weight is 406 g/mol. The van der Waals surface area contributed by atoms with Crippen LogP contribution in [0.2, 0.25) is 0 Å². The number of carbonyl (C=O) groups excluding carboxylic acids is 1. The van der Waals surface area contributed by atoms with Gasteiger partial charge in [-0.15, -0.1) is 0 Å². The zero-order valence-electron chi connectivity index (χ0n) is 15.4. The number of halogens is 3. The first-order chi connectivity index (χ1) is 13.8. The van der Waals surface area contributed by atoms with Gasteiger partial charge < -0.3 is 14.7 Å². The fourth-order valence-corrected chi connectivity index (χ4v) is 3.61. The first-order valence-electron chi connectivity index (χ1n) is 8.87. The molecule has 0 atom stereocenters. The van der Waals surface area contributed by atoms with Gasteiger partial charge in [-0.25, -0.2) is 9.78 Å². The Labute approximate surface area is 162 Å². The maximum absolute atomic E-state index is 12.9. The van der Waals surface area contributed by atoms with E-state index in [0.717, 1.165) is 10.9 Å². The number of nitrogens with one attached hydrogen (secondary N) is 2. The Morgan fingerprint density at radius 1 is 1.28 bits per heavy atom. The van der Waals surface area contributed by atoms with E-state index in [2.05, 4.69) is 9.97 Å². The molecule has 0 unspecified atom stereocenters. The third kappa shape index (κ3) is 3.51. The fourth-order valence-electron chi connectivity index (χ4n) is 3.61. The molecule has 0 spiro atoms. The summed E-state index contributed by atoms with van der Waals surface area (Å²) in [6.07, 6.45) is -4.50. The molecular formula is C19H17F3N4O3. The maximum Gasteiger partial charge on any atom is 0.449 e. The second-order valence-electron chi connectivity index (χ2n) is 6.81. The Balaban J connectivity index is 1.67. The van der Waals surface area contributed by atoms with E-state index in [1.165, 1.54) is 7.11 Å². The van der Waals surface area contributed by atoms with Crippen molar-refractivity contribution in [2.24, 2.45) is 0 Å². The summed E-state index contributed by atoms with van der Waals surface area (Å²) in [6, 6.07) is 7.39.